The minimum absolute atomic E-state index is 0.207. The van der Waals surface area contributed by atoms with Crippen LogP contribution in [0.3, 0.4) is 0 Å². The summed E-state index contributed by atoms with van der Waals surface area (Å²) in [4.78, 5) is 21.9. The van der Waals surface area contributed by atoms with Crippen LogP contribution in [0, 0.1) is 0 Å². The fraction of sp³-hybridized carbons (Fsp3) is 0.750. The zero-order valence-corrected chi connectivity index (χ0v) is 8.16. The van der Waals surface area contributed by atoms with Gasteiger partial charge in [0.1, 0.15) is 0 Å². The first-order valence-electron chi connectivity index (χ1n) is 4.61. The molecule has 0 aromatic carbocycles. The summed E-state index contributed by atoms with van der Waals surface area (Å²) in [7, 11) is 0. The lowest BCUT2D eigenvalue weighted by atomic mass is 10.1. The highest BCUT2D eigenvalue weighted by Gasteiger charge is 2.14. The molecule has 0 fully saturated rings. The number of hydrogen-bond acceptors (Lipinski definition) is 5. The molecule has 0 aliphatic heterocycles. The molecule has 0 rings (SSSR count). The van der Waals surface area contributed by atoms with E-state index in [1.807, 2.05) is 0 Å². The van der Waals surface area contributed by atoms with Gasteiger partial charge in [-0.3, -0.25) is 14.9 Å². The van der Waals surface area contributed by atoms with Gasteiger partial charge in [-0.15, -0.1) is 0 Å². The summed E-state index contributed by atoms with van der Waals surface area (Å²) in [6.07, 6.45) is 2.13. The zero-order chi connectivity index (χ0) is 11.0. The number of carbonyl (C=O) groups is 2. The first-order valence-corrected chi connectivity index (χ1v) is 4.61. The lowest BCUT2D eigenvalue weighted by Gasteiger charge is -2.10. The molecule has 14 heavy (non-hydrogen) atoms. The zero-order valence-electron chi connectivity index (χ0n) is 8.16. The van der Waals surface area contributed by atoms with Crippen LogP contribution >= 0.6 is 0 Å². The average Bonchev–Trinajstić information content (AvgIpc) is 2.17. The van der Waals surface area contributed by atoms with Crippen LogP contribution in [0.2, 0.25) is 0 Å². The van der Waals surface area contributed by atoms with Gasteiger partial charge in [0.2, 0.25) is 11.8 Å². The number of unbranched alkanes of at least 4 members (excludes halogenated alkanes) is 1. The van der Waals surface area contributed by atoms with Crippen LogP contribution in [-0.2, 0) is 9.59 Å². The summed E-state index contributed by atoms with van der Waals surface area (Å²) in [5, 5.41) is 2.10. The molecule has 0 aliphatic carbocycles. The molecule has 0 aromatic heterocycles. The Morgan fingerprint density at radius 3 is 2.36 bits per heavy atom. The van der Waals surface area contributed by atoms with Crippen LogP contribution in [0.25, 0.3) is 0 Å². The summed E-state index contributed by atoms with van der Waals surface area (Å²) in [6.45, 7) is 0.372. The van der Waals surface area contributed by atoms with Crippen molar-refractivity contribution in [2.24, 2.45) is 17.2 Å². The molecular formula is C8H18N4O2. The second-order valence-electron chi connectivity index (χ2n) is 3.01. The fourth-order valence-electron chi connectivity index (χ4n) is 0.921. The number of nitrogens with two attached hydrogens (primary N) is 3. The molecule has 0 saturated carbocycles. The van der Waals surface area contributed by atoms with E-state index >= 15 is 0 Å². The van der Waals surface area contributed by atoms with Crippen LogP contribution in [0.1, 0.15) is 19.3 Å². The fourth-order valence-corrected chi connectivity index (χ4v) is 0.921. The smallest absolute Gasteiger partial charge is 0.243 e. The van der Waals surface area contributed by atoms with Gasteiger partial charge in [-0.1, -0.05) is 6.42 Å². The molecule has 7 N–H and O–H groups in total. The van der Waals surface area contributed by atoms with E-state index in [1.165, 1.54) is 0 Å². The number of imide groups is 1. The van der Waals surface area contributed by atoms with E-state index in [-0.39, 0.29) is 6.54 Å². The predicted octanol–water partition coefficient (Wildman–Crippen LogP) is -1.96. The molecule has 0 aliphatic rings. The summed E-state index contributed by atoms with van der Waals surface area (Å²) in [6, 6.07) is -0.656. The molecule has 6 nitrogen and oxygen atoms in total. The van der Waals surface area contributed by atoms with Crippen molar-refractivity contribution < 1.29 is 9.59 Å². The quantitative estimate of drug-likeness (QED) is 0.372. The Morgan fingerprint density at radius 2 is 1.86 bits per heavy atom. The van der Waals surface area contributed by atoms with Crippen molar-refractivity contribution >= 4 is 11.8 Å². The van der Waals surface area contributed by atoms with Crippen molar-refractivity contribution in [3.63, 3.8) is 0 Å². The molecule has 0 unspecified atom stereocenters. The molecule has 1 atom stereocenters. The van der Waals surface area contributed by atoms with Crippen molar-refractivity contribution in [3.05, 3.63) is 0 Å². The number of hydrogen-bond donors (Lipinski definition) is 4. The van der Waals surface area contributed by atoms with Gasteiger partial charge >= 0.3 is 0 Å². The normalized spacial score (nSPS) is 12.2. The second-order valence-corrected chi connectivity index (χ2v) is 3.01. The molecule has 6 heteroatoms. The van der Waals surface area contributed by atoms with Crippen LogP contribution in [-0.4, -0.2) is 30.9 Å². The number of carbonyl (C=O) groups excluding carboxylic acids is 2. The molecule has 0 aromatic rings. The van der Waals surface area contributed by atoms with Crippen LogP contribution in [0.15, 0.2) is 0 Å². The Balaban J connectivity index is 3.70. The maximum Gasteiger partial charge on any atom is 0.243 e. The second kappa shape index (κ2) is 7.43. The number of rotatable bonds is 6. The van der Waals surface area contributed by atoms with E-state index in [0.29, 0.717) is 13.0 Å². The Hall–Kier alpha value is -0.980. The molecular weight excluding hydrogens is 184 g/mol. The molecule has 82 valence electrons. The van der Waals surface area contributed by atoms with Crippen molar-refractivity contribution in [1.29, 1.82) is 0 Å². The number of nitrogens with one attached hydrogen (secondary N) is 1. The minimum atomic E-state index is -0.656. The predicted molar refractivity (Wildman–Crippen MR) is 53.1 cm³/mol. The molecule has 0 radical (unpaired) electrons. The minimum Gasteiger partial charge on any atom is -0.330 e. The summed E-state index contributed by atoms with van der Waals surface area (Å²) < 4.78 is 0. The maximum atomic E-state index is 11.2. The summed E-state index contributed by atoms with van der Waals surface area (Å²) in [5.41, 5.74) is 15.8. The Bertz CT molecular complexity index is 196. The van der Waals surface area contributed by atoms with Gasteiger partial charge in [-0.2, -0.15) is 0 Å². The first kappa shape index (κ1) is 13.0. The lowest BCUT2D eigenvalue weighted by molar-refractivity contribution is -0.130. The Labute approximate surface area is 83.2 Å². The van der Waals surface area contributed by atoms with Gasteiger partial charge in [0.25, 0.3) is 0 Å². The van der Waals surface area contributed by atoms with Gasteiger partial charge < -0.3 is 17.2 Å². The van der Waals surface area contributed by atoms with Gasteiger partial charge in [-0.25, -0.2) is 0 Å². The highest BCUT2D eigenvalue weighted by atomic mass is 16.2. The average molecular weight is 202 g/mol. The Morgan fingerprint density at radius 1 is 1.21 bits per heavy atom. The van der Waals surface area contributed by atoms with Crippen LogP contribution in [0.5, 0.6) is 0 Å². The van der Waals surface area contributed by atoms with E-state index in [2.05, 4.69) is 5.32 Å². The maximum absolute atomic E-state index is 11.2. The Kier molecular flexibility index (Phi) is 6.91. The van der Waals surface area contributed by atoms with Gasteiger partial charge in [0.15, 0.2) is 0 Å². The summed E-state index contributed by atoms with van der Waals surface area (Å²) >= 11 is 0. The highest BCUT2D eigenvalue weighted by Crippen LogP contribution is 1.97. The van der Waals surface area contributed by atoms with Gasteiger partial charge in [-0.05, 0) is 19.4 Å². The third kappa shape index (κ3) is 5.63. The third-order valence-corrected chi connectivity index (χ3v) is 1.75. The van der Waals surface area contributed by atoms with E-state index in [4.69, 9.17) is 17.2 Å². The van der Waals surface area contributed by atoms with Crippen molar-refractivity contribution in [2.45, 2.75) is 25.3 Å². The van der Waals surface area contributed by atoms with Crippen molar-refractivity contribution in [1.82, 2.24) is 5.32 Å². The monoisotopic (exact) mass is 202 g/mol. The third-order valence-electron chi connectivity index (χ3n) is 1.75. The molecule has 0 saturated heterocycles. The lowest BCUT2D eigenvalue weighted by Crippen LogP contribution is -2.45. The molecule has 0 heterocycles. The largest absolute Gasteiger partial charge is 0.330 e. The number of amides is 2. The molecule has 0 spiro atoms. The SMILES string of the molecule is NCCCC[C@H](N)C(=O)NC(=O)CN. The van der Waals surface area contributed by atoms with Crippen LogP contribution < -0.4 is 22.5 Å². The van der Waals surface area contributed by atoms with Crippen molar-refractivity contribution in [2.75, 3.05) is 13.1 Å². The summed E-state index contributed by atoms with van der Waals surface area (Å²) in [5.74, 6) is -0.984. The first-order chi connectivity index (χ1) is 6.61. The van der Waals surface area contributed by atoms with E-state index < -0.39 is 17.9 Å². The van der Waals surface area contributed by atoms with E-state index in [1.54, 1.807) is 0 Å². The van der Waals surface area contributed by atoms with E-state index in [9.17, 15) is 9.59 Å². The topological polar surface area (TPSA) is 124 Å². The van der Waals surface area contributed by atoms with Gasteiger partial charge in [0.05, 0.1) is 12.6 Å². The molecule has 0 bridgehead atoms. The van der Waals surface area contributed by atoms with E-state index in [0.717, 1.165) is 12.8 Å². The standard InChI is InChI=1S/C8H18N4O2/c9-4-2-1-3-6(11)8(14)12-7(13)5-10/h6H,1-5,9-11H2,(H,12,13,14)/t6-/m0/s1. The van der Waals surface area contributed by atoms with Crippen LogP contribution in [0.4, 0.5) is 0 Å². The van der Waals surface area contributed by atoms with Gasteiger partial charge in [0, 0.05) is 0 Å². The highest BCUT2D eigenvalue weighted by molar-refractivity contribution is 5.98. The molecule has 2 amide bonds. The van der Waals surface area contributed by atoms with Crippen molar-refractivity contribution in [3.8, 4) is 0 Å².